The Morgan fingerprint density at radius 1 is 0.225 bits per heavy atom. The van der Waals surface area contributed by atoms with Crippen molar-refractivity contribution in [1.29, 1.82) is 0 Å². The Morgan fingerprint density at radius 3 is 0.825 bits per heavy atom. The van der Waals surface area contributed by atoms with Gasteiger partial charge in [0.05, 0.1) is 32.8 Å². The zero-order valence-corrected chi connectivity index (χ0v) is 51.4. The highest BCUT2D eigenvalue weighted by Gasteiger charge is 2.32. The second-order valence-electron chi connectivity index (χ2n) is 24.6. The first-order valence-corrected chi connectivity index (χ1v) is 28.5. The monoisotopic (exact) mass is 1060 g/mol. The van der Waals surface area contributed by atoms with Crippen LogP contribution in [0.5, 0.6) is 0 Å². The Bertz CT molecular complexity index is 5220. The molecule has 0 radical (unpaired) electrons. The molecule has 14 aromatic rings. The highest BCUT2D eigenvalue weighted by molar-refractivity contribution is 6.34. The first-order chi connectivity index (χ1) is 37.6. The minimum Gasteiger partial charge on any atom is -0.455 e. The maximum atomic E-state index is 14.7. The van der Waals surface area contributed by atoms with E-state index in [9.17, 15) is 9.59 Å². The number of hydrogen-bond acceptors (Lipinski definition) is 6. The Hall–Kier alpha value is -7.84. The van der Waals surface area contributed by atoms with Crippen molar-refractivity contribution in [1.82, 2.24) is 18.8 Å². The molecule has 0 saturated heterocycles. The molecular formula is C72H72N4O4. The fraction of sp³-hybridized carbons (Fsp3) is 0.333. The van der Waals surface area contributed by atoms with Gasteiger partial charge in [-0.1, -0.05) is 0 Å². The van der Waals surface area contributed by atoms with E-state index >= 15 is 0 Å². The first kappa shape index (κ1) is 51.6. The maximum Gasteiger partial charge on any atom is 0.265 e. The number of aryl methyl sites for hydroxylation is 16. The number of benzene rings is 8. The molecule has 0 unspecified atom stereocenters. The summed E-state index contributed by atoms with van der Waals surface area (Å²) in [6, 6.07) is 0. The van der Waals surface area contributed by atoms with Crippen molar-refractivity contribution in [2.75, 3.05) is 0 Å². The van der Waals surface area contributed by atoms with Crippen molar-refractivity contribution < 1.29 is 8.83 Å². The molecule has 0 atom stereocenters. The molecule has 14 rings (SSSR count). The van der Waals surface area contributed by atoms with E-state index in [1.54, 1.807) is 0 Å². The molecule has 6 heterocycles. The van der Waals surface area contributed by atoms with Gasteiger partial charge in [0.15, 0.2) is 0 Å². The average Bonchev–Trinajstić information content (AvgIpc) is 3.93. The van der Waals surface area contributed by atoms with E-state index in [2.05, 4.69) is 166 Å². The van der Waals surface area contributed by atoms with E-state index in [0.29, 0.717) is 0 Å². The van der Waals surface area contributed by atoms with E-state index in [1.807, 2.05) is 8.80 Å². The summed E-state index contributed by atoms with van der Waals surface area (Å²) in [6.07, 6.45) is 0. The van der Waals surface area contributed by atoms with E-state index < -0.39 is 0 Å². The van der Waals surface area contributed by atoms with E-state index in [0.717, 1.165) is 154 Å². The number of nitrogens with zero attached hydrogens (tertiary/aromatic N) is 4. The van der Waals surface area contributed by atoms with Gasteiger partial charge in [-0.2, -0.15) is 0 Å². The molecule has 6 aromatic heterocycles. The van der Waals surface area contributed by atoms with Gasteiger partial charge in [-0.3, -0.25) is 18.4 Å². The van der Waals surface area contributed by atoms with Gasteiger partial charge in [-0.05, 0) is 300 Å². The third-order valence-corrected chi connectivity index (χ3v) is 21.6. The van der Waals surface area contributed by atoms with Crippen LogP contribution in [-0.4, -0.2) is 18.8 Å². The number of aromatic nitrogens is 4. The number of pyridine rings is 2. The van der Waals surface area contributed by atoms with Crippen LogP contribution < -0.4 is 11.1 Å². The van der Waals surface area contributed by atoms with Gasteiger partial charge < -0.3 is 8.83 Å². The molecule has 8 nitrogen and oxygen atoms in total. The highest BCUT2D eigenvalue weighted by Crippen LogP contribution is 2.50. The molecule has 0 aliphatic carbocycles. The summed E-state index contributed by atoms with van der Waals surface area (Å²) in [5, 5.41) is 12.5. The number of rotatable bonds is 0. The predicted octanol–water partition coefficient (Wildman–Crippen LogP) is 18.4. The SMILES string of the molecule is Cc1c(C)c(C)c2c(nc3c4c(C)c(C)c5c6c(C)c(C)c(C)c(C)c6oc6c(C)c(C)c(c(=O)n32)c4c65)c1C.Cc1c(C)c(C)c2c(nc3c4c(C)c(C)c5oc6c(C)c(C)c(C)c(C)c6c6c(C)c(C)c(c(=O)n32)c4c56)c1C. The standard InChI is InChI=1S/2C36H36N2O2/c1-13-16(4)23(11)33-26(17(13)5)25-18(6)19(7)28-29-27(20(8)24(12)34(40-33)30(25)29)35-37-31-21(9)14(2)15(3)22(10)32(31)38(35)36(28)39;1-13-16(4)23(11)33-26(17(13)5)25-18(6)19(7)27-29-28(20(8)24(12)34(40-33)30(25)29)36(39)38-32-22(10)15(3)14(2)21(9)31(32)37-35(27)38/h2*1-12H3. The highest BCUT2D eigenvalue weighted by atomic mass is 16.3. The lowest BCUT2D eigenvalue weighted by atomic mass is 9.84. The van der Waals surface area contributed by atoms with Crippen LogP contribution in [-0.2, 0) is 0 Å². The van der Waals surface area contributed by atoms with E-state index in [1.165, 1.54) is 99.4 Å². The summed E-state index contributed by atoms with van der Waals surface area (Å²) in [5.41, 5.74) is 37.2. The van der Waals surface area contributed by atoms with Crippen LogP contribution in [0.4, 0.5) is 0 Å². The summed E-state index contributed by atoms with van der Waals surface area (Å²) in [7, 11) is 0. The van der Waals surface area contributed by atoms with Crippen LogP contribution in [0, 0.1) is 166 Å². The second-order valence-corrected chi connectivity index (χ2v) is 24.6. The molecule has 8 heteroatoms. The van der Waals surface area contributed by atoms with Crippen molar-refractivity contribution in [3.05, 3.63) is 154 Å². The number of fused-ring (bicyclic) bond motifs is 12. The topological polar surface area (TPSA) is 95.0 Å². The summed E-state index contributed by atoms with van der Waals surface area (Å²) in [6.45, 7) is 51.9. The summed E-state index contributed by atoms with van der Waals surface area (Å²) in [4.78, 5) is 39.9. The lowest BCUT2D eigenvalue weighted by molar-refractivity contribution is 0.654. The minimum atomic E-state index is 0.0101. The molecule has 0 spiro atoms. The van der Waals surface area contributed by atoms with Crippen LogP contribution in [0.2, 0.25) is 0 Å². The third kappa shape index (κ3) is 5.82. The Labute approximate surface area is 466 Å². The summed E-state index contributed by atoms with van der Waals surface area (Å²) in [5.74, 6) is 0. The molecule has 80 heavy (non-hydrogen) atoms. The molecule has 0 N–H and O–H groups in total. The van der Waals surface area contributed by atoms with Crippen molar-refractivity contribution in [2.45, 2.75) is 166 Å². The molecule has 0 fully saturated rings. The smallest absolute Gasteiger partial charge is 0.265 e. The molecule has 8 aromatic carbocycles. The molecule has 0 aliphatic rings. The van der Waals surface area contributed by atoms with E-state index in [4.69, 9.17) is 18.8 Å². The third-order valence-electron chi connectivity index (χ3n) is 21.6. The quantitative estimate of drug-likeness (QED) is 0.111. The van der Waals surface area contributed by atoms with Gasteiger partial charge in [-0.15, -0.1) is 0 Å². The van der Waals surface area contributed by atoms with Gasteiger partial charge in [0.25, 0.3) is 11.1 Å². The van der Waals surface area contributed by atoms with Crippen molar-refractivity contribution in [2.24, 2.45) is 0 Å². The zero-order chi connectivity index (χ0) is 57.7. The van der Waals surface area contributed by atoms with Crippen LogP contribution >= 0.6 is 0 Å². The fourth-order valence-corrected chi connectivity index (χ4v) is 14.9. The van der Waals surface area contributed by atoms with Crippen molar-refractivity contribution in [3.8, 4) is 0 Å². The molecule has 0 bridgehead atoms. The van der Waals surface area contributed by atoms with Crippen LogP contribution in [0.25, 0.3) is 120 Å². The molecule has 0 amide bonds. The Balaban J connectivity index is 0.000000151. The lowest BCUT2D eigenvalue weighted by Crippen LogP contribution is -2.17. The fourth-order valence-electron chi connectivity index (χ4n) is 14.9. The first-order valence-electron chi connectivity index (χ1n) is 28.5. The zero-order valence-electron chi connectivity index (χ0n) is 51.4. The molecule has 0 saturated carbocycles. The largest absolute Gasteiger partial charge is 0.455 e. The normalized spacial score (nSPS) is 12.6. The van der Waals surface area contributed by atoms with Crippen LogP contribution in [0.15, 0.2) is 18.4 Å². The second kappa shape index (κ2) is 16.4. The van der Waals surface area contributed by atoms with E-state index in [-0.39, 0.29) is 11.1 Å². The molecule has 404 valence electrons. The van der Waals surface area contributed by atoms with Gasteiger partial charge in [0.1, 0.15) is 33.6 Å². The average molecular weight is 1060 g/mol. The summed E-state index contributed by atoms with van der Waals surface area (Å²) < 4.78 is 17.6. The summed E-state index contributed by atoms with van der Waals surface area (Å²) >= 11 is 0. The van der Waals surface area contributed by atoms with Gasteiger partial charge in [0.2, 0.25) is 0 Å². The Morgan fingerprint density at radius 2 is 0.463 bits per heavy atom. The molecule has 0 aliphatic heterocycles. The van der Waals surface area contributed by atoms with Crippen LogP contribution in [0.3, 0.4) is 0 Å². The van der Waals surface area contributed by atoms with Crippen molar-refractivity contribution in [3.63, 3.8) is 0 Å². The van der Waals surface area contributed by atoms with Crippen LogP contribution in [0.1, 0.15) is 134 Å². The van der Waals surface area contributed by atoms with Gasteiger partial charge in [0, 0.05) is 53.9 Å². The van der Waals surface area contributed by atoms with Gasteiger partial charge in [-0.25, -0.2) is 9.97 Å². The van der Waals surface area contributed by atoms with Crippen molar-refractivity contribution >= 4 is 120 Å². The lowest BCUT2D eigenvalue weighted by Gasteiger charge is -2.23. The maximum absolute atomic E-state index is 14.7. The number of hydrogen-bond donors (Lipinski definition) is 0. The number of imidazole rings is 2. The predicted molar refractivity (Wildman–Crippen MR) is 339 cm³/mol. The van der Waals surface area contributed by atoms with Gasteiger partial charge >= 0.3 is 0 Å². The Kier molecular flexibility index (Phi) is 10.6. The minimum absolute atomic E-state index is 0.0101. The molecular weight excluding hydrogens is 985 g/mol.